The van der Waals surface area contributed by atoms with E-state index in [4.69, 9.17) is 9.73 Å². The summed E-state index contributed by atoms with van der Waals surface area (Å²) in [7, 11) is 1.70. The number of ether oxygens (including phenoxy) is 1. The lowest BCUT2D eigenvalue weighted by Gasteiger charge is -2.31. The number of hydrogen-bond acceptors (Lipinski definition) is 4. The van der Waals surface area contributed by atoms with E-state index >= 15 is 0 Å². The standard InChI is InChI=1S/C22H34N6O/c1-4-21-27-25-16-28(21)14-13-23-22(26-19-11-7-5-9-17(19)2)24-15-18-10-6-8-12-20(18)29-3/h6,8,10,12,16-17,19H,4-5,7,9,11,13-15H2,1-3H3,(H2,23,24,26). The van der Waals surface area contributed by atoms with Crippen molar-refractivity contribution in [3.63, 3.8) is 0 Å². The van der Waals surface area contributed by atoms with Crippen molar-refractivity contribution in [2.75, 3.05) is 13.7 Å². The average molecular weight is 399 g/mol. The number of nitrogens with zero attached hydrogens (tertiary/aromatic N) is 4. The van der Waals surface area contributed by atoms with Gasteiger partial charge >= 0.3 is 0 Å². The molecule has 0 radical (unpaired) electrons. The maximum atomic E-state index is 5.47. The molecule has 7 heteroatoms. The van der Waals surface area contributed by atoms with E-state index in [1.807, 2.05) is 18.2 Å². The van der Waals surface area contributed by atoms with E-state index in [0.29, 0.717) is 18.5 Å². The van der Waals surface area contributed by atoms with E-state index < -0.39 is 0 Å². The van der Waals surface area contributed by atoms with Crippen molar-refractivity contribution in [3.05, 3.63) is 42.0 Å². The van der Waals surface area contributed by atoms with Gasteiger partial charge in [0.15, 0.2) is 5.96 Å². The Morgan fingerprint density at radius 3 is 2.90 bits per heavy atom. The first kappa shape index (κ1) is 21.1. The Morgan fingerprint density at radius 1 is 1.28 bits per heavy atom. The predicted molar refractivity (Wildman–Crippen MR) is 116 cm³/mol. The molecule has 0 bridgehead atoms. The number of aromatic nitrogens is 3. The largest absolute Gasteiger partial charge is 0.496 e. The van der Waals surface area contributed by atoms with Gasteiger partial charge in [0.1, 0.15) is 17.9 Å². The number of methoxy groups -OCH3 is 1. The first-order valence-corrected chi connectivity index (χ1v) is 10.7. The van der Waals surface area contributed by atoms with E-state index in [0.717, 1.165) is 42.6 Å². The van der Waals surface area contributed by atoms with Crippen LogP contribution in [0.1, 0.15) is 50.9 Å². The van der Waals surface area contributed by atoms with Gasteiger partial charge in [-0.15, -0.1) is 10.2 Å². The van der Waals surface area contributed by atoms with Gasteiger partial charge in [0.05, 0.1) is 13.7 Å². The second-order valence-electron chi connectivity index (χ2n) is 7.71. The fourth-order valence-electron chi connectivity index (χ4n) is 3.89. The molecule has 1 heterocycles. The third-order valence-corrected chi connectivity index (χ3v) is 5.69. The first-order chi connectivity index (χ1) is 14.2. The number of rotatable bonds is 8. The maximum absolute atomic E-state index is 5.47. The molecule has 2 aromatic rings. The van der Waals surface area contributed by atoms with Crippen molar-refractivity contribution >= 4 is 5.96 Å². The van der Waals surface area contributed by atoms with Crippen LogP contribution in [-0.4, -0.2) is 40.4 Å². The van der Waals surface area contributed by atoms with Gasteiger partial charge in [-0.25, -0.2) is 4.99 Å². The van der Waals surface area contributed by atoms with Gasteiger partial charge < -0.3 is 19.9 Å². The Labute approximate surface area is 174 Å². The molecule has 2 unspecified atom stereocenters. The van der Waals surface area contributed by atoms with Gasteiger partial charge in [0.25, 0.3) is 0 Å². The van der Waals surface area contributed by atoms with Crippen molar-refractivity contribution in [2.24, 2.45) is 10.9 Å². The van der Waals surface area contributed by atoms with Crippen molar-refractivity contribution in [1.29, 1.82) is 0 Å². The van der Waals surface area contributed by atoms with Gasteiger partial charge in [-0.2, -0.15) is 0 Å². The van der Waals surface area contributed by atoms with Crippen LogP contribution in [0.15, 0.2) is 35.6 Å². The van der Waals surface area contributed by atoms with Crippen molar-refractivity contribution < 1.29 is 4.74 Å². The minimum absolute atomic E-state index is 0.466. The molecule has 2 N–H and O–H groups in total. The highest BCUT2D eigenvalue weighted by Crippen LogP contribution is 2.23. The number of aliphatic imine (C=N–C) groups is 1. The summed E-state index contributed by atoms with van der Waals surface area (Å²) in [6.07, 6.45) is 7.76. The number of guanidine groups is 1. The number of nitrogens with one attached hydrogen (secondary N) is 2. The number of para-hydroxylation sites is 1. The molecule has 0 spiro atoms. The van der Waals surface area contributed by atoms with Gasteiger partial charge in [0.2, 0.25) is 0 Å². The molecule has 1 saturated carbocycles. The Balaban J connectivity index is 1.66. The summed E-state index contributed by atoms with van der Waals surface area (Å²) in [6.45, 7) is 6.59. The number of benzene rings is 1. The molecule has 0 aliphatic heterocycles. The summed E-state index contributed by atoms with van der Waals surface area (Å²) < 4.78 is 7.56. The molecule has 29 heavy (non-hydrogen) atoms. The van der Waals surface area contributed by atoms with E-state index in [2.05, 4.69) is 45.3 Å². The topological polar surface area (TPSA) is 76.4 Å². The van der Waals surface area contributed by atoms with Gasteiger partial charge in [-0.1, -0.05) is 44.9 Å². The average Bonchev–Trinajstić information content (AvgIpc) is 3.21. The maximum Gasteiger partial charge on any atom is 0.191 e. The fraction of sp³-hybridized carbons (Fsp3) is 0.591. The second-order valence-corrected chi connectivity index (χ2v) is 7.71. The SMILES string of the molecule is CCc1nncn1CCNC(=NCc1ccccc1OC)NC1CCCCC1C. The molecular formula is C22H34N6O. The van der Waals surface area contributed by atoms with Crippen molar-refractivity contribution in [2.45, 2.75) is 65.1 Å². The molecule has 1 aromatic heterocycles. The lowest BCUT2D eigenvalue weighted by atomic mass is 9.86. The highest BCUT2D eigenvalue weighted by atomic mass is 16.5. The van der Waals surface area contributed by atoms with Crippen LogP contribution in [0.25, 0.3) is 0 Å². The van der Waals surface area contributed by atoms with Gasteiger partial charge in [-0.3, -0.25) is 0 Å². The van der Waals surface area contributed by atoms with Crippen LogP contribution in [0.4, 0.5) is 0 Å². The van der Waals surface area contributed by atoms with Crippen molar-refractivity contribution in [3.8, 4) is 5.75 Å². The highest BCUT2D eigenvalue weighted by Gasteiger charge is 2.22. The summed E-state index contributed by atoms with van der Waals surface area (Å²) in [5, 5.41) is 15.4. The third-order valence-electron chi connectivity index (χ3n) is 5.69. The quantitative estimate of drug-likeness (QED) is 0.528. The molecular weight excluding hydrogens is 364 g/mol. The third kappa shape index (κ3) is 5.95. The Kier molecular flexibility index (Phi) is 7.90. The predicted octanol–water partition coefficient (Wildman–Crippen LogP) is 3.16. The summed E-state index contributed by atoms with van der Waals surface area (Å²) in [5.41, 5.74) is 1.08. The second kappa shape index (κ2) is 10.8. The highest BCUT2D eigenvalue weighted by molar-refractivity contribution is 5.80. The zero-order chi connectivity index (χ0) is 20.5. The van der Waals surface area contributed by atoms with Crippen LogP contribution in [-0.2, 0) is 19.5 Å². The fourth-order valence-corrected chi connectivity index (χ4v) is 3.89. The summed E-state index contributed by atoms with van der Waals surface area (Å²) in [5.74, 6) is 3.40. The Morgan fingerprint density at radius 2 is 2.10 bits per heavy atom. The molecule has 0 saturated heterocycles. The lowest BCUT2D eigenvalue weighted by Crippen LogP contribution is -2.47. The van der Waals surface area contributed by atoms with Crippen LogP contribution >= 0.6 is 0 Å². The summed E-state index contributed by atoms with van der Waals surface area (Å²) in [6, 6.07) is 8.52. The normalized spacial score (nSPS) is 19.8. The summed E-state index contributed by atoms with van der Waals surface area (Å²) >= 11 is 0. The van der Waals surface area contributed by atoms with Crippen LogP contribution in [0.2, 0.25) is 0 Å². The molecule has 7 nitrogen and oxygen atoms in total. The molecule has 0 amide bonds. The molecule has 2 atom stereocenters. The number of aryl methyl sites for hydroxylation is 1. The monoisotopic (exact) mass is 398 g/mol. The van der Waals surface area contributed by atoms with Crippen LogP contribution in [0.3, 0.4) is 0 Å². The van der Waals surface area contributed by atoms with E-state index in [9.17, 15) is 0 Å². The summed E-state index contributed by atoms with van der Waals surface area (Å²) in [4.78, 5) is 4.87. The van der Waals surface area contributed by atoms with Crippen molar-refractivity contribution in [1.82, 2.24) is 25.4 Å². The molecule has 1 aliphatic rings. The Hall–Kier alpha value is -2.57. The smallest absolute Gasteiger partial charge is 0.191 e. The van der Waals surface area contributed by atoms with Crippen LogP contribution in [0, 0.1) is 5.92 Å². The van der Waals surface area contributed by atoms with E-state index in [-0.39, 0.29) is 0 Å². The first-order valence-electron chi connectivity index (χ1n) is 10.7. The zero-order valence-corrected chi connectivity index (χ0v) is 17.9. The van der Waals surface area contributed by atoms with Gasteiger partial charge in [0, 0.05) is 31.1 Å². The molecule has 1 aliphatic carbocycles. The zero-order valence-electron chi connectivity index (χ0n) is 17.9. The lowest BCUT2D eigenvalue weighted by molar-refractivity contribution is 0.306. The number of hydrogen-bond donors (Lipinski definition) is 2. The molecule has 158 valence electrons. The van der Waals surface area contributed by atoms with Crippen LogP contribution < -0.4 is 15.4 Å². The van der Waals surface area contributed by atoms with E-state index in [1.54, 1.807) is 13.4 Å². The molecule has 3 rings (SSSR count). The Bertz CT molecular complexity index is 787. The van der Waals surface area contributed by atoms with Gasteiger partial charge in [-0.05, 0) is 24.8 Å². The van der Waals surface area contributed by atoms with E-state index in [1.165, 1.54) is 25.7 Å². The molecule has 1 aromatic carbocycles. The minimum Gasteiger partial charge on any atom is -0.496 e. The minimum atomic E-state index is 0.466. The van der Waals surface area contributed by atoms with Crippen LogP contribution in [0.5, 0.6) is 5.75 Å². The molecule has 1 fully saturated rings.